The predicted molar refractivity (Wildman–Crippen MR) is 96.2 cm³/mol. The number of rotatable bonds is 6. The Morgan fingerprint density at radius 3 is 2.24 bits per heavy atom. The highest BCUT2D eigenvalue weighted by Gasteiger charge is 2.18. The molecule has 0 aliphatic rings. The predicted octanol–water partition coefficient (Wildman–Crippen LogP) is 4.05. The zero-order valence-corrected chi connectivity index (χ0v) is 14.1. The summed E-state index contributed by atoms with van der Waals surface area (Å²) in [6.07, 6.45) is -0.138. The molecule has 4 nitrogen and oxygen atoms in total. The monoisotopic (exact) mass is 353 g/mol. The van der Waals surface area contributed by atoms with E-state index in [-0.39, 0.29) is 12.2 Å². The van der Waals surface area contributed by atoms with E-state index in [0.717, 1.165) is 5.56 Å². The van der Waals surface area contributed by atoms with E-state index in [1.165, 1.54) is 0 Å². The van der Waals surface area contributed by atoms with E-state index in [2.05, 4.69) is 0 Å². The van der Waals surface area contributed by atoms with Gasteiger partial charge in [-0.25, -0.2) is 0 Å². The third-order valence-corrected chi connectivity index (χ3v) is 4.18. The van der Waals surface area contributed by atoms with Crippen molar-refractivity contribution in [3.63, 3.8) is 0 Å². The number of nitrogens with zero attached hydrogens (tertiary/aromatic N) is 1. The van der Waals surface area contributed by atoms with Crippen molar-refractivity contribution in [2.45, 2.75) is 13.0 Å². The smallest absolute Gasteiger partial charge is 0.309 e. The first-order valence-electron chi connectivity index (χ1n) is 7.79. The van der Waals surface area contributed by atoms with Crippen LogP contribution in [0.5, 0.6) is 0 Å². The van der Waals surface area contributed by atoms with Crippen LogP contribution in [0.25, 0.3) is 0 Å². The molecule has 0 saturated heterocycles. The molecule has 0 amide bonds. The third-order valence-electron chi connectivity index (χ3n) is 3.93. The second-order valence-corrected chi connectivity index (χ2v) is 6.12. The lowest BCUT2D eigenvalue weighted by atomic mass is 10.1. The highest BCUT2D eigenvalue weighted by atomic mass is 35.5. The van der Waals surface area contributed by atoms with Crippen molar-refractivity contribution in [3.8, 4) is 0 Å². The number of benzene rings is 2. The van der Waals surface area contributed by atoms with Gasteiger partial charge in [-0.05, 0) is 42.0 Å². The molecule has 0 atom stereocenters. The van der Waals surface area contributed by atoms with Gasteiger partial charge in [0.05, 0.1) is 12.1 Å². The average molecular weight is 354 g/mol. The van der Waals surface area contributed by atoms with Crippen molar-refractivity contribution in [1.29, 1.82) is 0 Å². The van der Waals surface area contributed by atoms with Gasteiger partial charge in [0.2, 0.25) is 5.78 Å². The Labute approximate surface area is 150 Å². The minimum Gasteiger partial charge on any atom is -0.481 e. The number of aromatic nitrogens is 1. The Balaban J connectivity index is 2.00. The topological polar surface area (TPSA) is 59.3 Å². The summed E-state index contributed by atoms with van der Waals surface area (Å²) in [5, 5.41) is 9.70. The summed E-state index contributed by atoms with van der Waals surface area (Å²) in [7, 11) is 0. The standard InChI is InChI=1S/C20H16ClNO3/c21-16-8-6-15(7-9-16)20(25)18-11-10-17(12-19(23)24)22(18)13-14-4-2-1-3-5-14/h1-11H,12-13H2,(H,23,24). The lowest BCUT2D eigenvalue weighted by Crippen LogP contribution is -2.15. The molecule has 3 aromatic rings. The molecular weight excluding hydrogens is 338 g/mol. The summed E-state index contributed by atoms with van der Waals surface area (Å²) >= 11 is 5.88. The second-order valence-electron chi connectivity index (χ2n) is 5.69. The Hall–Kier alpha value is -2.85. The largest absolute Gasteiger partial charge is 0.481 e. The zero-order chi connectivity index (χ0) is 17.8. The molecule has 126 valence electrons. The molecule has 3 rings (SSSR count). The molecular formula is C20H16ClNO3. The van der Waals surface area contributed by atoms with E-state index in [0.29, 0.717) is 28.5 Å². The fourth-order valence-electron chi connectivity index (χ4n) is 2.72. The van der Waals surface area contributed by atoms with E-state index in [4.69, 9.17) is 16.7 Å². The van der Waals surface area contributed by atoms with Crippen LogP contribution in [-0.4, -0.2) is 21.4 Å². The van der Waals surface area contributed by atoms with E-state index in [1.807, 2.05) is 30.3 Å². The molecule has 0 saturated carbocycles. The Morgan fingerprint density at radius 2 is 1.60 bits per heavy atom. The SMILES string of the molecule is O=C(O)Cc1ccc(C(=O)c2ccc(Cl)cc2)n1Cc1ccccc1. The van der Waals surface area contributed by atoms with Gasteiger partial charge >= 0.3 is 5.97 Å². The number of aliphatic carboxylic acids is 1. The van der Waals surface area contributed by atoms with Gasteiger partial charge in [0.15, 0.2) is 0 Å². The lowest BCUT2D eigenvalue weighted by Gasteiger charge is -2.13. The minimum atomic E-state index is -0.932. The van der Waals surface area contributed by atoms with Gasteiger partial charge in [-0.1, -0.05) is 41.9 Å². The summed E-state index contributed by atoms with van der Waals surface area (Å²) in [5.74, 6) is -1.10. The highest BCUT2D eigenvalue weighted by Crippen LogP contribution is 2.19. The number of ketones is 1. The van der Waals surface area contributed by atoms with E-state index in [1.54, 1.807) is 41.0 Å². The molecule has 25 heavy (non-hydrogen) atoms. The number of hydrogen-bond donors (Lipinski definition) is 1. The highest BCUT2D eigenvalue weighted by molar-refractivity contribution is 6.30. The third kappa shape index (κ3) is 3.98. The number of carbonyl (C=O) groups is 2. The van der Waals surface area contributed by atoms with Crippen molar-refractivity contribution in [3.05, 3.63) is 94.3 Å². The Kier molecular flexibility index (Phi) is 5.00. The first-order chi connectivity index (χ1) is 12.0. The summed E-state index contributed by atoms with van der Waals surface area (Å²) in [6.45, 7) is 0.436. The molecule has 0 bridgehead atoms. The molecule has 0 spiro atoms. The van der Waals surface area contributed by atoms with Crippen LogP contribution in [0.1, 0.15) is 27.3 Å². The number of halogens is 1. The van der Waals surface area contributed by atoms with Crippen LogP contribution in [0, 0.1) is 0 Å². The Bertz CT molecular complexity index is 898. The first kappa shape index (κ1) is 17.0. The fourth-order valence-corrected chi connectivity index (χ4v) is 2.85. The maximum Gasteiger partial charge on any atom is 0.309 e. The van der Waals surface area contributed by atoms with Crippen LogP contribution in [0.3, 0.4) is 0 Å². The molecule has 2 aromatic carbocycles. The van der Waals surface area contributed by atoms with Gasteiger partial charge in [-0.2, -0.15) is 0 Å². The number of carboxylic acid groups (broad SMARTS) is 1. The van der Waals surface area contributed by atoms with Gasteiger partial charge in [-0.15, -0.1) is 0 Å². The van der Waals surface area contributed by atoms with Crippen molar-refractivity contribution in [2.24, 2.45) is 0 Å². The van der Waals surface area contributed by atoms with E-state index >= 15 is 0 Å². The van der Waals surface area contributed by atoms with Crippen molar-refractivity contribution in [2.75, 3.05) is 0 Å². The van der Waals surface area contributed by atoms with Gasteiger partial charge in [0, 0.05) is 22.8 Å². The molecule has 1 heterocycles. The molecule has 1 aromatic heterocycles. The van der Waals surface area contributed by atoms with Crippen LogP contribution in [0.4, 0.5) is 0 Å². The summed E-state index contributed by atoms with van der Waals surface area (Å²) < 4.78 is 1.76. The quantitative estimate of drug-likeness (QED) is 0.680. The van der Waals surface area contributed by atoms with Gasteiger partial charge in [-0.3, -0.25) is 9.59 Å². The van der Waals surface area contributed by atoms with Crippen molar-refractivity contribution >= 4 is 23.4 Å². The Morgan fingerprint density at radius 1 is 0.920 bits per heavy atom. The first-order valence-corrected chi connectivity index (χ1v) is 8.17. The minimum absolute atomic E-state index is 0.138. The molecule has 1 N–H and O–H groups in total. The second kappa shape index (κ2) is 7.36. The molecule has 5 heteroatoms. The molecule has 0 unspecified atom stereocenters. The normalized spacial score (nSPS) is 10.6. The van der Waals surface area contributed by atoms with Gasteiger partial charge < -0.3 is 9.67 Å². The molecule has 0 radical (unpaired) electrons. The maximum absolute atomic E-state index is 12.9. The molecule has 0 aliphatic heterocycles. The van der Waals surface area contributed by atoms with E-state index < -0.39 is 5.97 Å². The van der Waals surface area contributed by atoms with Crippen molar-refractivity contribution < 1.29 is 14.7 Å². The van der Waals surface area contributed by atoms with Crippen LogP contribution in [-0.2, 0) is 17.8 Å². The van der Waals surface area contributed by atoms with Gasteiger partial charge in [0.25, 0.3) is 0 Å². The summed E-state index contributed by atoms with van der Waals surface area (Å²) in [6, 6.07) is 19.7. The van der Waals surface area contributed by atoms with Crippen LogP contribution in [0.2, 0.25) is 5.02 Å². The van der Waals surface area contributed by atoms with Gasteiger partial charge in [0.1, 0.15) is 0 Å². The number of carboxylic acids is 1. The summed E-state index contributed by atoms with van der Waals surface area (Å²) in [4.78, 5) is 24.0. The lowest BCUT2D eigenvalue weighted by molar-refractivity contribution is -0.136. The number of carbonyl (C=O) groups excluding carboxylic acids is 1. The fraction of sp³-hybridized carbons (Fsp3) is 0.100. The summed E-state index contributed by atoms with van der Waals surface area (Å²) in [5.41, 5.74) is 2.56. The molecule has 0 aliphatic carbocycles. The number of hydrogen-bond acceptors (Lipinski definition) is 2. The van der Waals surface area contributed by atoms with E-state index in [9.17, 15) is 9.59 Å². The van der Waals surface area contributed by atoms with Crippen LogP contribution < -0.4 is 0 Å². The van der Waals surface area contributed by atoms with Crippen molar-refractivity contribution in [1.82, 2.24) is 4.57 Å². The zero-order valence-electron chi connectivity index (χ0n) is 13.4. The van der Waals surface area contributed by atoms with Crippen LogP contribution >= 0.6 is 11.6 Å². The average Bonchev–Trinajstić information content (AvgIpc) is 2.97. The van der Waals surface area contributed by atoms with Crippen LogP contribution in [0.15, 0.2) is 66.7 Å². The maximum atomic E-state index is 12.9. The molecule has 0 fully saturated rings.